The second-order valence-corrected chi connectivity index (χ2v) is 6.25. The lowest BCUT2D eigenvalue weighted by molar-refractivity contribution is 0.325. The predicted molar refractivity (Wildman–Crippen MR) is 80.2 cm³/mol. The maximum absolute atomic E-state index is 5.45. The van der Waals surface area contributed by atoms with Crippen molar-refractivity contribution in [3.63, 3.8) is 0 Å². The fraction of sp³-hybridized carbons (Fsp3) is 0.529. The van der Waals surface area contributed by atoms with Crippen LogP contribution < -0.4 is 5.32 Å². The van der Waals surface area contributed by atoms with Gasteiger partial charge in [0, 0.05) is 6.42 Å². The van der Waals surface area contributed by atoms with Gasteiger partial charge in [-0.1, -0.05) is 29.4 Å². The average molecular weight is 283 g/mol. The molecular weight excluding hydrogens is 262 g/mol. The Morgan fingerprint density at radius 2 is 2.24 bits per heavy atom. The second-order valence-electron chi connectivity index (χ2n) is 6.25. The molecule has 2 aliphatic rings. The zero-order valence-electron chi connectivity index (χ0n) is 12.2. The molecule has 2 aromatic rings. The molecule has 4 rings (SSSR count). The van der Waals surface area contributed by atoms with E-state index < -0.39 is 0 Å². The topological polar surface area (TPSA) is 51.0 Å². The standard InChI is InChI=1S/C17H21N3O/c1-2-6-14-13(5-1)10-15(14)17-19-16(21-20-17)8-7-12-4-3-9-18-11-12/h1-2,5-6,12,15,18H,3-4,7-11H2. The van der Waals surface area contributed by atoms with Gasteiger partial charge in [-0.3, -0.25) is 0 Å². The van der Waals surface area contributed by atoms with Crippen LogP contribution in [0.1, 0.15) is 48.0 Å². The minimum Gasteiger partial charge on any atom is -0.339 e. The van der Waals surface area contributed by atoms with Crippen molar-refractivity contribution in [3.8, 4) is 0 Å². The van der Waals surface area contributed by atoms with Crippen molar-refractivity contribution >= 4 is 0 Å². The highest BCUT2D eigenvalue weighted by molar-refractivity contribution is 5.43. The van der Waals surface area contributed by atoms with E-state index >= 15 is 0 Å². The molecule has 2 atom stereocenters. The molecule has 0 bridgehead atoms. The summed E-state index contributed by atoms with van der Waals surface area (Å²) in [6.07, 6.45) is 5.72. The summed E-state index contributed by atoms with van der Waals surface area (Å²) < 4.78 is 5.45. The number of hydrogen-bond donors (Lipinski definition) is 1. The summed E-state index contributed by atoms with van der Waals surface area (Å²) in [6, 6.07) is 8.53. The van der Waals surface area contributed by atoms with Gasteiger partial charge in [0.25, 0.3) is 0 Å². The third-order valence-electron chi connectivity index (χ3n) is 4.82. The van der Waals surface area contributed by atoms with Crippen molar-refractivity contribution in [1.29, 1.82) is 0 Å². The predicted octanol–water partition coefficient (Wildman–Crippen LogP) is 2.69. The smallest absolute Gasteiger partial charge is 0.226 e. The molecule has 0 saturated carbocycles. The highest BCUT2D eigenvalue weighted by Crippen LogP contribution is 2.38. The Balaban J connectivity index is 1.38. The third kappa shape index (κ3) is 2.60. The van der Waals surface area contributed by atoms with E-state index in [-0.39, 0.29) is 0 Å². The summed E-state index contributed by atoms with van der Waals surface area (Å²) in [7, 11) is 0. The number of benzene rings is 1. The van der Waals surface area contributed by atoms with Gasteiger partial charge in [0.2, 0.25) is 5.89 Å². The van der Waals surface area contributed by atoms with Crippen molar-refractivity contribution in [2.45, 2.75) is 38.0 Å². The van der Waals surface area contributed by atoms with E-state index in [1.807, 2.05) is 0 Å². The molecule has 21 heavy (non-hydrogen) atoms. The zero-order chi connectivity index (χ0) is 14.1. The van der Waals surface area contributed by atoms with Crippen LogP contribution in [0.2, 0.25) is 0 Å². The molecule has 1 saturated heterocycles. The Morgan fingerprint density at radius 3 is 3.10 bits per heavy atom. The molecule has 0 spiro atoms. The SMILES string of the molecule is c1ccc2c(c1)CC2c1noc(CCC2CCCNC2)n1. The Labute approximate surface area is 124 Å². The van der Waals surface area contributed by atoms with Gasteiger partial charge in [0.15, 0.2) is 5.82 Å². The molecule has 4 heteroatoms. The van der Waals surface area contributed by atoms with Gasteiger partial charge < -0.3 is 9.84 Å². The van der Waals surface area contributed by atoms with Crippen LogP contribution in [0.5, 0.6) is 0 Å². The largest absolute Gasteiger partial charge is 0.339 e. The fourth-order valence-corrected chi connectivity index (χ4v) is 3.50. The van der Waals surface area contributed by atoms with E-state index in [9.17, 15) is 0 Å². The molecule has 1 aliphatic heterocycles. The van der Waals surface area contributed by atoms with Crippen molar-refractivity contribution in [3.05, 3.63) is 47.1 Å². The van der Waals surface area contributed by atoms with Gasteiger partial charge >= 0.3 is 0 Å². The first-order chi connectivity index (χ1) is 10.4. The summed E-state index contributed by atoms with van der Waals surface area (Å²) in [6.45, 7) is 2.30. The van der Waals surface area contributed by atoms with E-state index in [4.69, 9.17) is 4.52 Å². The molecule has 1 fully saturated rings. The molecule has 4 nitrogen and oxygen atoms in total. The zero-order valence-corrected chi connectivity index (χ0v) is 12.2. The Hall–Kier alpha value is -1.68. The lowest BCUT2D eigenvalue weighted by Gasteiger charge is -2.27. The first kappa shape index (κ1) is 13.0. The van der Waals surface area contributed by atoms with Crippen LogP contribution in [0.4, 0.5) is 0 Å². The molecule has 1 aromatic carbocycles. The summed E-state index contributed by atoms with van der Waals surface area (Å²) in [5, 5.41) is 7.66. The molecule has 2 heterocycles. The van der Waals surface area contributed by atoms with Crippen molar-refractivity contribution in [2.24, 2.45) is 5.92 Å². The van der Waals surface area contributed by atoms with E-state index in [2.05, 4.69) is 39.7 Å². The highest BCUT2D eigenvalue weighted by Gasteiger charge is 2.30. The number of hydrogen-bond acceptors (Lipinski definition) is 4. The van der Waals surface area contributed by atoms with Crippen LogP contribution in [0.25, 0.3) is 0 Å². The Bertz CT molecular complexity index is 616. The van der Waals surface area contributed by atoms with E-state index in [1.54, 1.807) is 0 Å². The monoisotopic (exact) mass is 283 g/mol. The van der Waals surface area contributed by atoms with Crippen molar-refractivity contribution in [1.82, 2.24) is 15.5 Å². The first-order valence-electron chi connectivity index (χ1n) is 8.01. The van der Waals surface area contributed by atoms with Crippen LogP contribution in [0.15, 0.2) is 28.8 Å². The molecule has 0 radical (unpaired) electrons. The Kier molecular flexibility index (Phi) is 3.47. The second kappa shape index (κ2) is 5.60. The molecule has 1 N–H and O–H groups in total. The minimum absolute atomic E-state index is 0.343. The van der Waals surface area contributed by atoms with Crippen LogP contribution in [-0.2, 0) is 12.8 Å². The third-order valence-corrected chi connectivity index (χ3v) is 4.82. The maximum Gasteiger partial charge on any atom is 0.226 e. The summed E-state index contributed by atoms with van der Waals surface area (Å²) in [5.74, 6) is 2.78. The molecule has 1 aromatic heterocycles. The van der Waals surface area contributed by atoms with Crippen LogP contribution in [-0.4, -0.2) is 23.2 Å². The van der Waals surface area contributed by atoms with Gasteiger partial charge in [-0.15, -0.1) is 0 Å². The van der Waals surface area contributed by atoms with Gasteiger partial charge in [0.05, 0.1) is 5.92 Å². The molecule has 110 valence electrons. The number of rotatable bonds is 4. The van der Waals surface area contributed by atoms with Crippen LogP contribution in [0, 0.1) is 5.92 Å². The number of nitrogens with one attached hydrogen (secondary N) is 1. The number of aromatic nitrogens is 2. The molecule has 0 amide bonds. The number of nitrogens with zero attached hydrogens (tertiary/aromatic N) is 2. The van der Waals surface area contributed by atoms with Crippen molar-refractivity contribution in [2.75, 3.05) is 13.1 Å². The first-order valence-corrected chi connectivity index (χ1v) is 8.01. The summed E-state index contributed by atoms with van der Waals surface area (Å²) >= 11 is 0. The van der Waals surface area contributed by atoms with Gasteiger partial charge in [-0.05, 0) is 55.8 Å². The maximum atomic E-state index is 5.45. The lowest BCUT2D eigenvalue weighted by atomic mass is 9.77. The van der Waals surface area contributed by atoms with Gasteiger partial charge in [0.1, 0.15) is 0 Å². The normalized spacial score (nSPS) is 24.4. The van der Waals surface area contributed by atoms with Crippen LogP contribution in [0.3, 0.4) is 0 Å². The lowest BCUT2D eigenvalue weighted by Crippen LogP contribution is -2.29. The minimum atomic E-state index is 0.343. The number of piperidine rings is 1. The van der Waals surface area contributed by atoms with Crippen molar-refractivity contribution < 1.29 is 4.52 Å². The van der Waals surface area contributed by atoms with Gasteiger partial charge in [-0.25, -0.2) is 0 Å². The average Bonchev–Trinajstić information content (AvgIpc) is 2.96. The highest BCUT2D eigenvalue weighted by atomic mass is 16.5. The Morgan fingerprint density at radius 1 is 1.29 bits per heavy atom. The quantitative estimate of drug-likeness (QED) is 0.937. The summed E-state index contributed by atoms with van der Waals surface area (Å²) in [5.41, 5.74) is 2.78. The fourth-order valence-electron chi connectivity index (χ4n) is 3.50. The van der Waals surface area contributed by atoms with E-state index in [1.165, 1.54) is 30.5 Å². The number of aryl methyl sites for hydroxylation is 1. The molecule has 1 aliphatic carbocycles. The number of fused-ring (bicyclic) bond motifs is 1. The molecular formula is C17H21N3O. The molecule has 2 unspecified atom stereocenters. The van der Waals surface area contributed by atoms with E-state index in [0.29, 0.717) is 5.92 Å². The van der Waals surface area contributed by atoms with Crippen LogP contribution >= 0.6 is 0 Å². The van der Waals surface area contributed by atoms with E-state index in [0.717, 1.165) is 43.4 Å². The summed E-state index contributed by atoms with van der Waals surface area (Å²) in [4.78, 5) is 4.62. The van der Waals surface area contributed by atoms with Gasteiger partial charge in [-0.2, -0.15) is 4.98 Å².